The Labute approximate surface area is 135 Å². The first-order valence-corrected chi connectivity index (χ1v) is 7.34. The van der Waals surface area contributed by atoms with Crippen LogP contribution in [0.15, 0.2) is 84.9 Å². The second kappa shape index (κ2) is 7.32. The van der Waals surface area contributed by atoms with Crippen molar-refractivity contribution in [3.05, 3.63) is 90.5 Å². The number of hydrogen-bond acceptors (Lipinski definition) is 3. The zero-order valence-electron chi connectivity index (χ0n) is 12.5. The van der Waals surface area contributed by atoms with E-state index in [1.54, 1.807) is 12.1 Å². The molecule has 0 aliphatic heterocycles. The fourth-order valence-corrected chi connectivity index (χ4v) is 2.18. The highest BCUT2D eigenvalue weighted by Gasteiger charge is 2.26. The molecule has 3 rings (SSSR count). The maximum absolute atomic E-state index is 11.0. The van der Waals surface area contributed by atoms with E-state index in [9.17, 15) is 4.79 Å². The van der Waals surface area contributed by atoms with Crippen LogP contribution in [-0.4, -0.2) is 13.4 Å². The van der Waals surface area contributed by atoms with Crippen molar-refractivity contribution in [3.63, 3.8) is 0 Å². The number of hydrogen-bond donors (Lipinski definition) is 0. The van der Waals surface area contributed by atoms with Gasteiger partial charge in [0.15, 0.2) is 0 Å². The summed E-state index contributed by atoms with van der Waals surface area (Å²) < 4.78 is 11.9. The Balaban J connectivity index is 1.90. The molecule has 0 fully saturated rings. The summed E-state index contributed by atoms with van der Waals surface area (Å²) in [5.74, 6) is 1.40. The van der Waals surface area contributed by atoms with Gasteiger partial charge in [0.1, 0.15) is 17.8 Å². The van der Waals surface area contributed by atoms with Gasteiger partial charge >= 0.3 is 7.12 Å². The van der Waals surface area contributed by atoms with Crippen LogP contribution in [0.3, 0.4) is 0 Å². The number of para-hydroxylation sites is 2. The molecule has 0 atom stereocenters. The zero-order valence-corrected chi connectivity index (χ0v) is 12.5. The molecule has 4 heteroatoms. The van der Waals surface area contributed by atoms with E-state index >= 15 is 0 Å². The number of carbonyl (C=O) groups excluding carboxylic acids is 1. The summed E-state index contributed by atoms with van der Waals surface area (Å²) in [6, 6.07) is 26.1. The maximum Gasteiger partial charge on any atom is 0.632 e. The quantitative estimate of drug-likeness (QED) is 0.517. The van der Waals surface area contributed by atoms with Crippen LogP contribution in [0.25, 0.3) is 0 Å². The minimum atomic E-state index is -0.639. The van der Waals surface area contributed by atoms with Crippen molar-refractivity contribution in [2.24, 2.45) is 0 Å². The van der Waals surface area contributed by atoms with E-state index in [4.69, 9.17) is 9.31 Å². The van der Waals surface area contributed by atoms with Gasteiger partial charge < -0.3 is 9.31 Å². The molecule has 0 spiro atoms. The van der Waals surface area contributed by atoms with Gasteiger partial charge in [0.25, 0.3) is 0 Å². The largest absolute Gasteiger partial charge is 0.632 e. The molecule has 0 radical (unpaired) electrons. The number of aldehydes is 1. The smallest absolute Gasteiger partial charge is 0.522 e. The van der Waals surface area contributed by atoms with Gasteiger partial charge in [-0.15, -0.1) is 0 Å². The van der Waals surface area contributed by atoms with Crippen molar-refractivity contribution < 1.29 is 14.1 Å². The SMILES string of the molecule is O=Cc1cccc(B(Oc2ccccc2)Oc2ccccc2)c1. The monoisotopic (exact) mass is 302 g/mol. The Kier molecular flexibility index (Phi) is 4.74. The molecule has 0 aromatic heterocycles. The lowest BCUT2D eigenvalue weighted by atomic mass is 9.78. The molecule has 0 aliphatic carbocycles. The van der Waals surface area contributed by atoms with Crippen LogP contribution in [0.1, 0.15) is 10.4 Å². The average Bonchev–Trinajstić information content (AvgIpc) is 2.63. The number of carbonyl (C=O) groups is 1. The molecule has 3 aromatic carbocycles. The van der Waals surface area contributed by atoms with Gasteiger partial charge in [-0.1, -0.05) is 54.6 Å². The topological polar surface area (TPSA) is 35.5 Å². The zero-order chi connectivity index (χ0) is 15.9. The van der Waals surface area contributed by atoms with Gasteiger partial charge in [-0.2, -0.15) is 0 Å². The minimum Gasteiger partial charge on any atom is -0.522 e. The summed E-state index contributed by atoms with van der Waals surface area (Å²) in [6.07, 6.45) is 0.811. The Morgan fingerprint density at radius 1 is 0.696 bits per heavy atom. The van der Waals surface area contributed by atoms with Crippen LogP contribution >= 0.6 is 0 Å². The maximum atomic E-state index is 11.0. The highest BCUT2D eigenvalue weighted by molar-refractivity contribution is 6.62. The molecule has 3 aromatic rings. The number of rotatable bonds is 6. The average molecular weight is 302 g/mol. The molecule has 23 heavy (non-hydrogen) atoms. The Morgan fingerprint density at radius 2 is 1.26 bits per heavy atom. The number of benzene rings is 3. The molecule has 3 nitrogen and oxygen atoms in total. The predicted octanol–water partition coefficient (Wildman–Crippen LogP) is 3.35. The van der Waals surface area contributed by atoms with Crippen LogP contribution in [0.5, 0.6) is 11.5 Å². The van der Waals surface area contributed by atoms with E-state index in [0.717, 1.165) is 11.7 Å². The molecule has 0 N–H and O–H groups in total. The van der Waals surface area contributed by atoms with Crippen molar-refractivity contribution in [1.29, 1.82) is 0 Å². The molecule has 0 unspecified atom stereocenters. The van der Waals surface area contributed by atoms with E-state index in [-0.39, 0.29) is 0 Å². The van der Waals surface area contributed by atoms with Gasteiger partial charge in [-0.25, -0.2) is 0 Å². The molecule has 0 amide bonds. The fourth-order valence-electron chi connectivity index (χ4n) is 2.18. The summed E-state index contributed by atoms with van der Waals surface area (Å²) in [5, 5.41) is 0. The highest BCUT2D eigenvalue weighted by atomic mass is 16.6. The van der Waals surface area contributed by atoms with Crippen LogP contribution in [0.4, 0.5) is 0 Å². The van der Waals surface area contributed by atoms with E-state index in [2.05, 4.69) is 0 Å². The second-order valence-corrected chi connectivity index (χ2v) is 4.98. The molecule has 0 aliphatic rings. The molecule has 0 saturated heterocycles. The lowest BCUT2D eigenvalue weighted by molar-refractivity contribution is 0.112. The third-order valence-electron chi connectivity index (χ3n) is 3.29. The van der Waals surface area contributed by atoms with Crippen molar-refractivity contribution in [2.75, 3.05) is 0 Å². The van der Waals surface area contributed by atoms with Gasteiger partial charge in [-0.05, 0) is 30.3 Å². The first-order valence-electron chi connectivity index (χ1n) is 7.34. The Bertz CT molecular complexity index is 718. The van der Waals surface area contributed by atoms with Gasteiger partial charge in [0.05, 0.1) is 0 Å². The molecule has 0 saturated carbocycles. The summed E-state index contributed by atoms with van der Waals surface area (Å²) >= 11 is 0. The Morgan fingerprint density at radius 3 is 1.78 bits per heavy atom. The first kappa shape index (κ1) is 14.9. The van der Waals surface area contributed by atoms with Crippen molar-refractivity contribution in [2.45, 2.75) is 0 Å². The lowest BCUT2D eigenvalue weighted by Crippen LogP contribution is -2.42. The van der Waals surface area contributed by atoms with Gasteiger partial charge in [0.2, 0.25) is 0 Å². The third kappa shape index (κ3) is 4.01. The van der Waals surface area contributed by atoms with E-state index in [0.29, 0.717) is 17.1 Å². The Hall–Kier alpha value is -3.01. The van der Waals surface area contributed by atoms with Crippen LogP contribution in [0.2, 0.25) is 0 Å². The summed E-state index contributed by atoms with van der Waals surface area (Å²) in [6.45, 7) is 0. The molecule has 112 valence electrons. The molecular formula is C19H15BO3. The van der Waals surface area contributed by atoms with Crippen molar-refractivity contribution >= 4 is 18.9 Å². The van der Waals surface area contributed by atoms with Gasteiger partial charge in [-0.3, -0.25) is 4.79 Å². The third-order valence-corrected chi connectivity index (χ3v) is 3.29. The second-order valence-electron chi connectivity index (χ2n) is 4.98. The standard InChI is InChI=1S/C19H15BO3/c21-15-16-8-7-9-17(14-16)20(22-18-10-3-1-4-11-18)23-19-12-5-2-6-13-19/h1-15H. The summed E-state index contributed by atoms with van der Waals surface area (Å²) in [5.41, 5.74) is 1.36. The summed E-state index contributed by atoms with van der Waals surface area (Å²) in [7, 11) is -0.639. The van der Waals surface area contributed by atoms with Crippen molar-refractivity contribution in [3.8, 4) is 11.5 Å². The lowest BCUT2D eigenvalue weighted by Gasteiger charge is -2.17. The van der Waals surface area contributed by atoms with Crippen LogP contribution in [0, 0.1) is 0 Å². The van der Waals surface area contributed by atoms with Crippen molar-refractivity contribution in [1.82, 2.24) is 0 Å². The highest BCUT2D eigenvalue weighted by Crippen LogP contribution is 2.14. The van der Waals surface area contributed by atoms with Gasteiger partial charge in [0, 0.05) is 11.0 Å². The fraction of sp³-hybridized carbons (Fsp3) is 0. The van der Waals surface area contributed by atoms with Crippen LogP contribution < -0.4 is 14.8 Å². The molecule has 0 heterocycles. The van der Waals surface area contributed by atoms with Crippen LogP contribution in [-0.2, 0) is 0 Å². The molecular weight excluding hydrogens is 287 g/mol. The normalized spacial score (nSPS) is 9.91. The van der Waals surface area contributed by atoms with E-state index < -0.39 is 7.12 Å². The minimum absolute atomic E-state index is 0.584. The predicted molar refractivity (Wildman–Crippen MR) is 91.4 cm³/mol. The van der Waals surface area contributed by atoms with E-state index in [1.807, 2.05) is 72.8 Å². The van der Waals surface area contributed by atoms with E-state index in [1.165, 1.54) is 0 Å². The molecule has 0 bridgehead atoms. The first-order chi connectivity index (χ1) is 11.3. The summed E-state index contributed by atoms with van der Waals surface area (Å²) in [4.78, 5) is 11.0.